The van der Waals surface area contributed by atoms with Gasteiger partial charge in [-0.15, -0.1) is 0 Å². The number of aliphatic hydroxyl groups is 1. The second-order valence-electron chi connectivity index (χ2n) is 5.43. The summed E-state index contributed by atoms with van der Waals surface area (Å²) in [6.07, 6.45) is -0.961. The van der Waals surface area contributed by atoms with Gasteiger partial charge in [-0.25, -0.2) is 4.79 Å². The molecular weight excluding hydrogens is 288 g/mol. The van der Waals surface area contributed by atoms with Crippen molar-refractivity contribution < 1.29 is 24.0 Å². The molecule has 1 aromatic heterocycles. The van der Waals surface area contributed by atoms with Crippen molar-refractivity contribution in [1.29, 1.82) is 0 Å². The van der Waals surface area contributed by atoms with Crippen molar-refractivity contribution >= 4 is 11.9 Å². The van der Waals surface area contributed by atoms with Gasteiger partial charge < -0.3 is 19.7 Å². The fourth-order valence-corrected chi connectivity index (χ4v) is 2.01. The Balaban J connectivity index is 2.74. The molecule has 1 heterocycles. The number of rotatable bonds is 7. The normalized spacial score (nSPS) is 13.5. The highest BCUT2D eigenvalue weighted by molar-refractivity contribution is 5.92. The summed E-state index contributed by atoms with van der Waals surface area (Å²) in [5, 5.41) is 16.6. The quantitative estimate of drug-likeness (QED) is 0.580. The Morgan fingerprint density at radius 1 is 1.50 bits per heavy atom. The van der Waals surface area contributed by atoms with Crippen LogP contribution in [-0.4, -0.2) is 41.4 Å². The number of nitrogens with zero attached hydrogens (tertiary/aromatic N) is 1. The zero-order valence-corrected chi connectivity index (χ0v) is 13.3. The van der Waals surface area contributed by atoms with Crippen LogP contribution in [0.4, 0.5) is 0 Å². The maximum atomic E-state index is 12.1. The zero-order chi connectivity index (χ0) is 16.9. The van der Waals surface area contributed by atoms with E-state index < -0.39 is 24.0 Å². The molecule has 0 aliphatic carbocycles. The molecule has 2 atom stereocenters. The summed E-state index contributed by atoms with van der Waals surface area (Å²) in [6, 6.07) is 0.942. The van der Waals surface area contributed by atoms with Crippen LogP contribution in [0.15, 0.2) is 22.7 Å². The van der Waals surface area contributed by atoms with Gasteiger partial charge in [0, 0.05) is 18.1 Å². The molecule has 1 unspecified atom stereocenters. The van der Waals surface area contributed by atoms with Crippen LogP contribution < -0.4 is 5.32 Å². The summed E-state index contributed by atoms with van der Waals surface area (Å²) in [6.45, 7) is 8.95. The van der Waals surface area contributed by atoms with Crippen molar-refractivity contribution in [2.45, 2.75) is 39.3 Å². The number of aliphatic hydroxyl groups excluding tert-OH is 1. The molecule has 0 aromatic carbocycles. The van der Waals surface area contributed by atoms with Crippen LogP contribution in [-0.2, 0) is 9.53 Å². The van der Waals surface area contributed by atoms with Gasteiger partial charge in [-0.05, 0) is 12.8 Å². The first kappa shape index (κ1) is 17.9. The maximum Gasteiger partial charge on any atom is 0.333 e. The molecule has 0 spiro atoms. The topological polar surface area (TPSA) is 102 Å². The van der Waals surface area contributed by atoms with Crippen LogP contribution in [0.25, 0.3) is 0 Å². The predicted octanol–water partition coefficient (Wildman–Crippen LogP) is 1.22. The predicted molar refractivity (Wildman–Crippen MR) is 79.1 cm³/mol. The van der Waals surface area contributed by atoms with E-state index >= 15 is 0 Å². The van der Waals surface area contributed by atoms with Gasteiger partial charge in [0.05, 0.1) is 19.3 Å². The Morgan fingerprint density at radius 2 is 2.14 bits per heavy atom. The Kier molecular flexibility index (Phi) is 6.30. The Labute approximate surface area is 129 Å². The van der Waals surface area contributed by atoms with E-state index in [1.54, 1.807) is 6.92 Å². The smallest absolute Gasteiger partial charge is 0.333 e. The Hall–Kier alpha value is -2.15. The lowest BCUT2D eigenvalue weighted by atomic mass is 9.94. The first-order chi connectivity index (χ1) is 10.3. The number of hydrogen-bond donors (Lipinski definition) is 2. The fraction of sp³-hybridized carbons (Fsp3) is 0.533. The van der Waals surface area contributed by atoms with Crippen molar-refractivity contribution in [1.82, 2.24) is 10.5 Å². The molecule has 0 saturated heterocycles. The van der Waals surface area contributed by atoms with Crippen molar-refractivity contribution in [3.8, 4) is 0 Å². The van der Waals surface area contributed by atoms with E-state index in [9.17, 15) is 14.7 Å². The number of carbonyl (C=O) groups is 2. The third-order valence-electron chi connectivity index (χ3n) is 3.22. The molecule has 22 heavy (non-hydrogen) atoms. The molecule has 0 radical (unpaired) electrons. The van der Waals surface area contributed by atoms with Crippen molar-refractivity contribution in [2.24, 2.45) is 5.92 Å². The molecule has 0 aliphatic heterocycles. The van der Waals surface area contributed by atoms with Crippen molar-refractivity contribution in [2.75, 3.05) is 7.11 Å². The minimum absolute atomic E-state index is 0.00758. The minimum atomic E-state index is -0.969. The number of aryl methyl sites for hydroxylation is 1. The van der Waals surface area contributed by atoms with Crippen LogP contribution in [0.2, 0.25) is 0 Å². The lowest BCUT2D eigenvalue weighted by molar-refractivity contribution is -0.136. The lowest BCUT2D eigenvalue weighted by Gasteiger charge is -2.27. The van der Waals surface area contributed by atoms with Crippen LogP contribution in [0, 0.1) is 12.8 Å². The van der Waals surface area contributed by atoms with Gasteiger partial charge in [0.25, 0.3) is 5.91 Å². The number of esters is 1. The molecule has 0 aliphatic rings. The molecule has 7 heteroatoms. The summed E-state index contributed by atoms with van der Waals surface area (Å²) in [5.41, 5.74) is 0.286. The number of hydrogen-bond acceptors (Lipinski definition) is 6. The number of nitrogens with one attached hydrogen (secondary N) is 1. The first-order valence-corrected chi connectivity index (χ1v) is 6.94. The van der Waals surface area contributed by atoms with Gasteiger partial charge in [0.2, 0.25) is 0 Å². The summed E-state index contributed by atoms with van der Waals surface area (Å²) < 4.78 is 9.40. The number of ether oxygens (including phenoxy) is 1. The Bertz CT molecular complexity index is 550. The number of carbonyl (C=O) groups excluding carboxylic acids is 2. The van der Waals surface area contributed by atoms with Gasteiger partial charge in [0.15, 0.2) is 5.69 Å². The van der Waals surface area contributed by atoms with Gasteiger partial charge in [0.1, 0.15) is 5.76 Å². The third-order valence-corrected chi connectivity index (χ3v) is 3.22. The van der Waals surface area contributed by atoms with E-state index in [0.29, 0.717) is 5.76 Å². The first-order valence-electron chi connectivity index (χ1n) is 6.94. The average molecular weight is 310 g/mol. The highest BCUT2D eigenvalue weighted by Crippen LogP contribution is 2.15. The number of methoxy groups -OCH3 is 1. The van der Waals surface area contributed by atoms with Crippen LogP contribution in [0.3, 0.4) is 0 Å². The maximum absolute atomic E-state index is 12.1. The van der Waals surface area contributed by atoms with Gasteiger partial charge >= 0.3 is 5.97 Å². The molecule has 122 valence electrons. The monoisotopic (exact) mass is 310 g/mol. The van der Waals surface area contributed by atoms with Crippen LogP contribution in [0.5, 0.6) is 0 Å². The van der Waals surface area contributed by atoms with Crippen molar-refractivity contribution in [3.05, 3.63) is 29.7 Å². The van der Waals surface area contributed by atoms with E-state index in [2.05, 4.69) is 21.8 Å². The molecule has 0 saturated carbocycles. The summed E-state index contributed by atoms with van der Waals surface area (Å²) >= 11 is 0. The number of aromatic nitrogens is 1. The third kappa shape index (κ3) is 4.70. The zero-order valence-electron chi connectivity index (χ0n) is 13.3. The standard InChI is InChI=1S/C15H22N2O5/c1-8(2)13(12(18)6-9(3)15(20)21-5)16-14(19)11-7-10(4)22-17-11/h7-8,12-13,18H,3,6H2,1-2,4-5H3,(H,16,19)/t12?,13-/m0/s1. The molecular formula is C15H22N2O5. The van der Waals surface area contributed by atoms with Crippen LogP contribution in [0.1, 0.15) is 36.5 Å². The van der Waals surface area contributed by atoms with E-state index in [-0.39, 0.29) is 23.6 Å². The highest BCUT2D eigenvalue weighted by Gasteiger charge is 2.27. The fourth-order valence-electron chi connectivity index (χ4n) is 2.01. The lowest BCUT2D eigenvalue weighted by Crippen LogP contribution is -2.47. The number of amides is 1. The average Bonchev–Trinajstić information content (AvgIpc) is 2.89. The highest BCUT2D eigenvalue weighted by atomic mass is 16.5. The van der Waals surface area contributed by atoms with Gasteiger partial charge in [-0.3, -0.25) is 4.79 Å². The molecule has 0 fully saturated rings. The molecule has 1 rings (SSSR count). The molecule has 2 N–H and O–H groups in total. The SMILES string of the molecule is C=C(CC(O)[C@@H](NC(=O)c1cc(C)on1)C(C)C)C(=O)OC. The summed E-state index contributed by atoms with van der Waals surface area (Å²) in [5.74, 6) is -0.568. The summed E-state index contributed by atoms with van der Waals surface area (Å²) in [4.78, 5) is 23.4. The Morgan fingerprint density at radius 3 is 2.59 bits per heavy atom. The largest absolute Gasteiger partial charge is 0.466 e. The molecule has 1 amide bonds. The van der Waals surface area contributed by atoms with Crippen LogP contribution >= 0.6 is 0 Å². The second kappa shape index (κ2) is 7.74. The molecule has 7 nitrogen and oxygen atoms in total. The summed E-state index contributed by atoms with van der Waals surface area (Å²) in [7, 11) is 1.24. The van der Waals surface area contributed by atoms with Crippen molar-refractivity contribution in [3.63, 3.8) is 0 Å². The van der Waals surface area contributed by atoms with E-state index in [1.807, 2.05) is 13.8 Å². The van der Waals surface area contributed by atoms with Gasteiger partial charge in [-0.2, -0.15) is 0 Å². The van der Waals surface area contributed by atoms with Gasteiger partial charge in [-0.1, -0.05) is 25.6 Å². The van der Waals surface area contributed by atoms with E-state index in [1.165, 1.54) is 13.2 Å². The minimum Gasteiger partial charge on any atom is -0.466 e. The molecule has 0 bridgehead atoms. The van der Waals surface area contributed by atoms with E-state index in [0.717, 1.165) is 0 Å². The van der Waals surface area contributed by atoms with E-state index in [4.69, 9.17) is 4.52 Å². The second-order valence-corrected chi connectivity index (χ2v) is 5.43. The molecule has 1 aromatic rings.